The summed E-state index contributed by atoms with van der Waals surface area (Å²) in [6.45, 7) is 10.3. The molecule has 0 atom stereocenters. The molecule has 1 aromatic rings. The quantitative estimate of drug-likeness (QED) is 0.727. The minimum atomic E-state index is 0.642. The van der Waals surface area contributed by atoms with Crippen LogP contribution in [0.1, 0.15) is 33.3 Å². The van der Waals surface area contributed by atoms with E-state index in [-0.39, 0.29) is 0 Å². The Labute approximate surface area is 108 Å². The molecule has 0 N–H and O–H groups in total. The average Bonchev–Trinajstić information content (AvgIpc) is 2.20. The first-order valence-corrected chi connectivity index (χ1v) is 6.75. The molecule has 0 heterocycles. The largest absolute Gasteiger partial charge is 0.318 e. The lowest BCUT2D eigenvalue weighted by atomic mass is 10.1. The van der Waals surface area contributed by atoms with Crippen LogP contribution in [0, 0.1) is 0 Å². The highest BCUT2D eigenvalue weighted by Gasteiger charge is 2.29. The summed E-state index contributed by atoms with van der Waals surface area (Å²) in [5.41, 5.74) is 1.41. The van der Waals surface area contributed by atoms with Crippen molar-refractivity contribution in [2.75, 3.05) is 7.05 Å². The number of halogens is 1. The van der Waals surface area contributed by atoms with Crippen molar-refractivity contribution in [3.63, 3.8) is 0 Å². The lowest BCUT2D eigenvalue weighted by molar-refractivity contribution is -0.961. The van der Waals surface area contributed by atoms with Gasteiger partial charge in [0.05, 0.1) is 19.1 Å². The zero-order valence-corrected chi connectivity index (χ0v) is 12.6. The average molecular weight is 285 g/mol. The monoisotopic (exact) mass is 284 g/mol. The van der Waals surface area contributed by atoms with Crippen LogP contribution in [0.3, 0.4) is 0 Å². The topological polar surface area (TPSA) is 0 Å². The van der Waals surface area contributed by atoms with Crippen LogP contribution in [0.5, 0.6) is 0 Å². The van der Waals surface area contributed by atoms with Crippen LogP contribution >= 0.6 is 15.9 Å². The van der Waals surface area contributed by atoms with E-state index in [9.17, 15) is 0 Å². The predicted molar refractivity (Wildman–Crippen MR) is 74.3 cm³/mol. The standard InChI is InChI=1S/C14H23BrN/c1-11(2)16(5,12(3)4)10-13-6-8-14(15)9-7-13/h6-9,11-12H,10H2,1-5H3/q+1. The first kappa shape index (κ1) is 13.7. The van der Waals surface area contributed by atoms with Gasteiger partial charge in [-0.2, -0.15) is 0 Å². The van der Waals surface area contributed by atoms with Crippen molar-refractivity contribution in [3.8, 4) is 0 Å². The summed E-state index contributed by atoms with van der Waals surface area (Å²) in [4.78, 5) is 0. The summed E-state index contributed by atoms with van der Waals surface area (Å²) in [6, 6.07) is 9.96. The van der Waals surface area contributed by atoms with Crippen LogP contribution in [0.25, 0.3) is 0 Å². The van der Waals surface area contributed by atoms with Crippen molar-refractivity contribution in [2.45, 2.75) is 46.3 Å². The van der Waals surface area contributed by atoms with Gasteiger partial charge in [-0.05, 0) is 39.8 Å². The van der Waals surface area contributed by atoms with Crippen molar-refractivity contribution >= 4 is 15.9 Å². The van der Waals surface area contributed by atoms with E-state index < -0.39 is 0 Å². The lowest BCUT2D eigenvalue weighted by Crippen LogP contribution is -2.53. The molecule has 0 aliphatic carbocycles. The van der Waals surface area contributed by atoms with Gasteiger partial charge in [-0.15, -0.1) is 0 Å². The molecule has 0 fully saturated rings. The maximum absolute atomic E-state index is 3.48. The normalized spacial score (nSPS) is 12.5. The molecule has 1 aromatic carbocycles. The van der Waals surface area contributed by atoms with Crippen LogP contribution in [0.15, 0.2) is 28.7 Å². The molecule has 16 heavy (non-hydrogen) atoms. The fourth-order valence-electron chi connectivity index (χ4n) is 1.94. The van der Waals surface area contributed by atoms with Gasteiger partial charge in [-0.1, -0.05) is 28.1 Å². The summed E-state index contributed by atoms with van der Waals surface area (Å²) >= 11 is 3.48. The number of nitrogens with zero attached hydrogens (tertiary/aromatic N) is 1. The second-order valence-corrected chi connectivity index (χ2v) is 6.23. The van der Waals surface area contributed by atoms with Crippen LogP contribution < -0.4 is 0 Å². The SMILES string of the molecule is CC(C)[N+](C)(Cc1ccc(Br)cc1)C(C)C. The van der Waals surface area contributed by atoms with E-state index in [0.717, 1.165) is 15.5 Å². The van der Waals surface area contributed by atoms with Crippen molar-refractivity contribution in [1.29, 1.82) is 0 Å². The van der Waals surface area contributed by atoms with Gasteiger partial charge in [-0.25, -0.2) is 0 Å². The van der Waals surface area contributed by atoms with E-state index in [0.29, 0.717) is 12.1 Å². The smallest absolute Gasteiger partial charge is 0.105 e. The van der Waals surface area contributed by atoms with Gasteiger partial charge in [-0.3, -0.25) is 0 Å². The van der Waals surface area contributed by atoms with Crippen molar-refractivity contribution < 1.29 is 4.48 Å². The number of hydrogen-bond donors (Lipinski definition) is 0. The first-order chi connectivity index (χ1) is 7.36. The van der Waals surface area contributed by atoms with Crippen molar-refractivity contribution in [1.82, 2.24) is 0 Å². The van der Waals surface area contributed by atoms with Gasteiger partial charge in [0.15, 0.2) is 0 Å². The summed E-state index contributed by atoms with van der Waals surface area (Å²) in [5.74, 6) is 0. The zero-order valence-electron chi connectivity index (χ0n) is 11.0. The molecule has 0 saturated carbocycles. The summed E-state index contributed by atoms with van der Waals surface area (Å²) in [6.07, 6.45) is 0. The van der Waals surface area contributed by atoms with E-state index in [1.54, 1.807) is 0 Å². The molecule has 0 bridgehead atoms. The number of benzene rings is 1. The van der Waals surface area contributed by atoms with E-state index in [4.69, 9.17) is 0 Å². The lowest BCUT2D eigenvalue weighted by Gasteiger charge is -2.42. The van der Waals surface area contributed by atoms with Crippen LogP contribution in [0.4, 0.5) is 0 Å². The molecule has 0 aromatic heterocycles. The van der Waals surface area contributed by atoms with E-state index in [1.165, 1.54) is 5.56 Å². The minimum absolute atomic E-state index is 0.642. The Kier molecular flexibility index (Phi) is 4.57. The Morgan fingerprint density at radius 2 is 1.44 bits per heavy atom. The molecule has 90 valence electrons. The summed E-state index contributed by atoms with van der Waals surface area (Å²) in [7, 11) is 2.34. The highest BCUT2D eigenvalue weighted by Crippen LogP contribution is 2.22. The van der Waals surface area contributed by atoms with Gasteiger partial charge < -0.3 is 4.48 Å². The first-order valence-electron chi connectivity index (χ1n) is 5.95. The maximum Gasteiger partial charge on any atom is 0.105 e. The van der Waals surface area contributed by atoms with Gasteiger partial charge in [0.25, 0.3) is 0 Å². The molecule has 2 heteroatoms. The third-order valence-electron chi connectivity index (χ3n) is 3.80. The van der Waals surface area contributed by atoms with Gasteiger partial charge >= 0.3 is 0 Å². The second-order valence-electron chi connectivity index (χ2n) is 5.32. The van der Waals surface area contributed by atoms with E-state index in [1.807, 2.05) is 0 Å². The maximum atomic E-state index is 3.48. The second kappa shape index (κ2) is 5.33. The summed E-state index contributed by atoms with van der Waals surface area (Å²) < 4.78 is 2.24. The Hall–Kier alpha value is -0.340. The van der Waals surface area contributed by atoms with Gasteiger partial charge in [0, 0.05) is 10.0 Å². The van der Waals surface area contributed by atoms with Crippen LogP contribution in [-0.4, -0.2) is 23.6 Å². The van der Waals surface area contributed by atoms with Gasteiger partial charge in [0.1, 0.15) is 6.54 Å². The van der Waals surface area contributed by atoms with E-state index >= 15 is 0 Å². The van der Waals surface area contributed by atoms with Crippen LogP contribution in [0.2, 0.25) is 0 Å². The number of quaternary nitrogens is 1. The molecule has 0 aliphatic heterocycles. The zero-order chi connectivity index (χ0) is 12.3. The fourth-order valence-corrected chi connectivity index (χ4v) is 2.21. The molecular weight excluding hydrogens is 262 g/mol. The van der Waals surface area contributed by atoms with Crippen molar-refractivity contribution in [3.05, 3.63) is 34.3 Å². The molecule has 0 unspecified atom stereocenters. The third kappa shape index (κ3) is 3.08. The Balaban J connectivity index is 2.88. The molecule has 0 aliphatic rings. The molecule has 1 rings (SSSR count). The molecule has 1 nitrogen and oxygen atoms in total. The van der Waals surface area contributed by atoms with Crippen LogP contribution in [-0.2, 0) is 6.54 Å². The molecule has 0 spiro atoms. The number of hydrogen-bond acceptors (Lipinski definition) is 0. The Morgan fingerprint density at radius 3 is 1.81 bits per heavy atom. The van der Waals surface area contributed by atoms with Gasteiger partial charge in [0.2, 0.25) is 0 Å². The van der Waals surface area contributed by atoms with Crippen molar-refractivity contribution in [2.24, 2.45) is 0 Å². The highest BCUT2D eigenvalue weighted by atomic mass is 79.9. The molecular formula is C14H23BrN+. The fraction of sp³-hybridized carbons (Fsp3) is 0.571. The molecule has 0 amide bonds. The third-order valence-corrected chi connectivity index (χ3v) is 4.32. The van der Waals surface area contributed by atoms with E-state index in [2.05, 4.69) is 74.9 Å². The minimum Gasteiger partial charge on any atom is -0.318 e. The highest BCUT2D eigenvalue weighted by molar-refractivity contribution is 9.10. The molecule has 0 radical (unpaired) electrons. The predicted octanol–water partition coefficient (Wildman–Crippen LogP) is 4.21. The number of rotatable bonds is 4. The Bertz CT molecular complexity index is 319. The molecule has 0 saturated heterocycles. The summed E-state index contributed by atoms with van der Waals surface area (Å²) in [5, 5.41) is 0. The Morgan fingerprint density at radius 1 is 1.00 bits per heavy atom.